The molecular weight excluding hydrogens is 1990 g/mol. The summed E-state index contributed by atoms with van der Waals surface area (Å²) in [5.74, 6) is 0. The van der Waals surface area contributed by atoms with E-state index < -0.39 is 0 Å². The van der Waals surface area contributed by atoms with E-state index in [1.807, 2.05) is 0 Å². The minimum Gasteiger partial charge on any atom is -0.411 e. The summed E-state index contributed by atoms with van der Waals surface area (Å²) in [5, 5.41) is 0. The fourth-order valence-corrected chi connectivity index (χ4v) is 22.0. The maximum absolute atomic E-state index is 5.65. The zero-order valence-electron chi connectivity index (χ0n) is 92.8. The van der Waals surface area contributed by atoms with Gasteiger partial charge in [0.05, 0.1) is 0 Å². The average molecular weight is 2200 g/mol. The molecular formula is C132H200MoN4S8. The Hall–Kier alpha value is -5.11. The van der Waals surface area contributed by atoms with Gasteiger partial charge < -0.3 is 119 Å². The quantitative estimate of drug-likeness (QED) is 0.0156. The molecule has 0 amide bonds. The third kappa shape index (κ3) is 58.5. The summed E-state index contributed by atoms with van der Waals surface area (Å²) in [6.07, 6.45) is 94.4. The van der Waals surface area contributed by atoms with E-state index in [2.05, 4.69) is 269 Å². The number of anilines is 8. The van der Waals surface area contributed by atoms with Crippen molar-refractivity contribution in [2.24, 2.45) is 0 Å². The third-order valence-electron chi connectivity index (χ3n) is 29.0. The molecule has 8 rings (SSSR count). The van der Waals surface area contributed by atoms with Crippen molar-refractivity contribution < 1.29 is 21.1 Å². The Morgan fingerprint density at radius 3 is 0.317 bits per heavy atom. The Morgan fingerprint density at radius 2 is 0.228 bits per heavy atom. The number of benzene rings is 8. The number of para-hydroxylation sites is 8. The first kappa shape index (κ1) is 132. The van der Waals surface area contributed by atoms with Crippen LogP contribution < -0.4 is 19.6 Å². The topological polar surface area (TPSA) is 13.0 Å². The van der Waals surface area contributed by atoms with Crippen molar-refractivity contribution >= 4 is 162 Å². The fourth-order valence-electron chi connectivity index (χ4n) is 20.4. The van der Waals surface area contributed by atoms with E-state index in [9.17, 15) is 0 Å². The molecule has 0 bridgehead atoms. The molecule has 0 saturated carbocycles. The molecule has 0 spiro atoms. The summed E-state index contributed by atoms with van der Waals surface area (Å²) in [4.78, 5) is 8.63. The van der Waals surface area contributed by atoms with Crippen LogP contribution in [0.3, 0.4) is 0 Å². The normalized spacial score (nSPS) is 11.0. The van der Waals surface area contributed by atoms with E-state index in [1.54, 1.807) is 0 Å². The largest absolute Gasteiger partial charge is 4.00 e. The molecule has 0 fully saturated rings. The van der Waals surface area contributed by atoms with Crippen LogP contribution in [0.2, 0.25) is 0 Å². The minimum atomic E-state index is 0. The molecule has 0 aliphatic carbocycles. The van der Waals surface area contributed by atoms with Gasteiger partial charge in [-0.1, -0.05) is 578 Å². The van der Waals surface area contributed by atoms with E-state index >= 15 is 0 Å². The van der Waals surface area contributed by atoms with Gasteiger partial charge in [0.2, 0.25) is 0 Å². The Kier molecular flexibility index (Phi) is 82.4. The van der Waals surface area contributed by atoms with Gasteiger partial charge in [-0.2, -0.15) is 0 Å². The summed E-state index contributed by atoms with van der Waals surface area (Å²) in [7, 11) is 0. The summed E-state index contributed by atoms with van der Waals surface area (Å²) in [6, 6.07) is 69.9. The molecule has 0 aliphatic heterocycles. The van der Waals surface area contributed by atoms with Gasteiger partial charge in [0.25, 0.3) is 0 Å². The monoisotopic (exact) mass is 2200 g/mol. The van der Waals surface area contributed by atoms with Crippen LogP contribution in [0.25, 0.3) is 0 Å². The minimum absolute atomic E-state index is 0. The Bertz CT molecular complexity index is 3710. The molecule has 0 aliphatic rings. The van der Waals surface area contributed by atoms with Gasteiger partial charge in [0.15, 0.2) is 0 Å². The summed E-state index contributed by atoms with van der Waals surface area (Å²) >= 11 is 45.2. The van der Waals surface area contributed by atoms with E-state index in [4.69, 9.17) is 99.4 Å². The second-order valence-corrected chi connectivity index (χ2v) is 45.4. The van der Waals surface area contributed by atoms with Crippen molar-refractivity contribution in [1.82, 2.24) is 0 Å². The van der Waals surface area contributed by atoms with Crippen LogP contribution in [-0.4, -0.2) is 17.3 Å². The van der Waals surface area contributed by atoms with Gasteiger partial charge in [-0.15, -0.1) is 0 Å². The van der Waals surface area contributed by atoms with Crippen LogP contribution in [0.1, 0.15) is 511 Å². The number of nitrogens with zero attached hydrogens (tertiary/aromatic N) is 4. The third-order valence-corrected chi connectivity index (χ3v) is 30.4. The number of aryl methyl sites for hydroxylation is 8. The maximum atomic E-state index is 5.65. The van der Waals surface area contributed by atoms with E-state index in [-0.39, 0.29) is 21.1 Å². The molecule has 0 aromatic heterocycles. The molecule has 4 nitrogen and oxygen atoms in total. The number of unbranched alkanes of at least 4 members (excludes halogenated alkanes) is 56. The standard InChI is InChI=1S/4C33H51NS2.Mo/c4*1-3-5-7-9-11-13-15-17-23-29-25-19-21-27-31(29)34(33(35)36)32-28-22-20-26-30(32)24-18-16-14-12-10-8-6-4-2;/h4*19-22,25-28H,3-18,23-24H2,1-2H3,(H,35,36);/q;;;;+4/p-4. The van der Waals surface area contributed by atoms with Gasteiger partial charge in [0.1, 0.15) is 0 Å². The Balaban J connectivity index is 0.000000402. The number of hydrogen-bond donors (Lipinski definition) is 0. The van der Waals surface area contributed by atoms with Crippen molar-refractivity contribution in [3.8, 4) is 0 Å². The predicted molar refractivity (Wildman–Crippen MR) is 670 cm³/mol. The van der Waals surface area contributed by atoms with Crippen LogP contribution in [0, 0.1) is 0 Å². The molecule has 0 radical (unpaired) electrons. The van der Waals surface area contributed by atoms with Crippen LogP contribution in [0.15, 0.2) is 194 Å². The molecule has 8 aromatic carbocycles. The molecule has 0 saturated heterocycles. The number of hydrogen-bond acceptors (Lipinski definition) is 8. The van der Waals surface area contributed by atoms with Crippen LogP contribution in [0.5, 0.6) is 0 Å². The zero-order chi connectivity index (χ0) is 103. The Labute approximate surface area is 950 Å². The summed E-state index contributed by atoms with van der Waals surface area (Å²) < 4.78 is 2.06. The first-order valence-corrected chi connectivity index (χ1v) is 62.7. The zero-order valence-corrected chi connectivity index (χ0v) is 101. The van der Waals surface area contributed by atoms with Crippen molar-refractivity contribution in [2.75, 3.05) is 19.6 Å². The molecule has 0 heterocycles. The number of rotatable bonds is 80. The second-order valence-electron chi connectivity index (χ2n) is 41.2. The van der Waals surface area contributed by atoms with Crippen molar-refractivity contribution in [3.05, 3.63) is 239 Å². The first-order valence-electron chi connectivity index (χ1n) is 59.4. The first-order chi connectivity index (χ1) is 70.7. The number of thiocarbonyl (C=S) groups is 4. The van der Waals surface area contributed by atoms with Crippen LogP contribution in [-0.2, 0) is 123 Å². The maximum Gasteiger partial charge on any atom is 4.00 e. The van der Waals surface area contributed by atoms with Gasteiger partial charge in [-0.25, -0.2) is 0 Å². The molecule has 0 unspecified atom stereocenters. The van der Waals surface area contributed by atoms with Crippen LogP contribution >= 0.6 is 48.9 Å². The van der Waals surface area contributed by atoms with E-state index in [0.29, 0.717) is 17.3 Å². The van der Waals surface area contributed by atoms with Gasteiger partial charge >= 0.3 is 21.1 Å². The van der Waals surface area contributed by atoms with E-state index in [1.165, 1.54) is 501 Å². The van der Waals surface area contributed by atoms with Crippen molar-refractivity contribution in [2.45, 2.75) is 518 Å². The smallest absolute Gasteiger partial charge is 0.411 e. The fraction of sp³-hybridized carbons (Fsp3) is 0.606. The van der Waals surface area contributed by atoms with E-state index in [0.717, 1.165) is 51.4 Å². The SMILES string of the molecule is CCCCCCCCCCc1ccccc1N(C(=S)[S-])c1ccccc1CCCCCCCCCC.CCCCCCCCCCc1ccccc1N(C(=S)[S-])c1ccccc1CCCCCCCCCC.CCCCCCCCCCc1ccccc1N(C(=S)[S-])c1ccccc1CCCCCCCCCC.CCCCCCCCCCc1ccccc1N(C(=S)[S-])c1ccccc1CCCCCCCCCC.[Mo+4]. The van der Waals surface area contributed by atoms with Gasteiger partial charge in [-0.3, -0.25) is 0 Å². The van der Waals surface area contributed by atoms with Crippen molar-refractivity contribution in [3.63, 3.8) is 0 Å². The molecule has 0 N–H and O–H groups in total. The summed E-state index contributed by atoms with van der Waals surface area (Å²) in [6.45, 7) is 18.3. The molecule has 8 aromatic rings. The molecule has 145 heavy (non-hydrogen) atoms. The predicted octanol–water partition coefficient (Wildman–Crippen LogP) is 44.1. The average Bonchev–Trinajstić information content (AvgIpc) is 0.815. The molecule has 13 heteroatoms. The van der Waals surface area contributed by atoms with Crippen molar-refractivity contribution in [1.29, 1.82) is 0 Å². The Morgan fingerprint density at radius 1 is 0.145 bits per heavy atom. The summed E-state index contributed by atoms with van der Waals surface area (Å²) in [5.41, 5.74) is 20.2. The van der Waals surface area contributed by atoms with Gasteiger partial charge in [-0.05, 0) is 196 Å². The second kappa shape index (κ2) is 90.4. The van der Waals surface area contributed by atoms with Gasteiger partial charge in [0, 0.05) is 45.5 Å². The molecule has 802 valence electrons. The van der Waals surface area contributed by atoms with Crippen LogP contribution in [0.4, 0.5) is 45.5 Å². The molecule has 0 atom stereocenters.